The Hall–Kier alpha value is -0.540. The molecule has 1 aromatic rings. The van der Waals surface area contributed by atoms with Crippen LogP contribution in [0.5, 0.6) is 5.75 Å². The first-order chi connectivity index (χ1) is 6.81. The molecule has 0 unspecified atom stereocenters. The van der Waals surface area contributed by atoms with Crippen LogP contribution in [0.15, 0.2) is 22.7 Å². The zero-order valence-corrected chi connectivity index (χ0v) is 9.80. The second kappa shape index (κ2) is 4.32. The first-order valence-electron chi connectivity index (χ1n) is 4.88. The van der Waals surface area contributed by atoms with Gasteiger partial charge in [0.05, 0.1) is 7.11 Å². The molecule has 1 N–H and O–H groups in total. The highest BCUT2D eigenvalue weighted by atomic mass is 79.9. The standard InChI is InChI=1S/C11H14BrNO/c1-14-11-7-8(12)4-5-9(11)10-3-2-6-13-10/h4-5,7,10,13H,2-3,6H2,1H3/t10-/m0/s1. The number of halogens is 1. The molecular weight excluding hydrogens is 242 g/mol. The lowest BCUT2D eigenvalue weighted by Gasteiger charge is -2.15. The Morgan fingerprint density at radius 3 is 3.00 bits per heavy atom. The molecule has 1 aromatic carbocycles. The zero-order chi connectivity index (χ0) is 9.97. The molecule has 1 aliphatic heterocycles. The van der Waals surface area contributed by atoms with Crippen LogP contribution in [-0.2, 0) is 0 Å². The fraction of sp³-hybridized carbons (Fsp3) is 0.455. The van der Waals surface area contributed by atoms with Gasteiger partial charge in [0.25, 0.3) is 0 Å². The first kappa shape index (κ1) is 9.99. The molecule has 2 nitrogen and oxygen atoms in total. The Morgan fingerprint density at radius 1 is 1.50 bits per heavy atom. The van der Waals surface area contributed by atoms with Crippen molar-refractivity contribution in [2.75, 3.05) is 13.7 Å². The highest BCUT2D eigenvalue weighted by molar-refractivity contribution is 9.10. The van der Waals surface area contributed by atoms with Crippen molar-refractivity contribution in [1.82, 2.24) is 5.32 Å². The van der Waals surface area contributed by atoms with Gasteiger partial charge in [-0.05, 0) is 31.5 Å². The minimum Gasteiger partial charge on any atom is -0.496 e. The van der Waals surface area contributed by atoms with E-state index in [0.717, 1.165) is 16.8 Å². The van der Waals surface area contributed by atoms with Crippen LogP contribution in [0.3, 0.4) is 0 Å². The van der Waals surface area contributed by atoms with Gasteiger partial charge in [-0.3, -0.25) is 0 Å². The minimum absolute atomic E-state index is 0.470. The van der Waals surface area contributed by atoms with E-state index in [9.17, 15) is 0 Å². The number of methoxy groups -OCH3 is 1. The van der Waals surface area contributed by atoms with E-state index < -0.39 is 0 Å². The largest absolute Gasteiger partial charge is 0.496 e. The van der Waals surface area contributed by atoms with Crippen molar-refractivity contribution in [2.45, 2.75) is 18.9 Å². The maximum atomic E-state index is 5.37. The molecule has 1 fully saturated rings. The SMILES string of the molecule is COc1cc(Br)ccc1[C@@H]1CCCN1. The van der Waals surface area contributed by atoms with Crippen molar-refractivity contribution < 1.29 is 4.74 Å². The quantitative estimate of drug-likeness (QED) is 0.878. The molecule has 2 rings (SSSR count). The van der Waals surface area contributed by atoms with Crippen molar-refractivity contribution in [3.05, 3.63) is 28.2 Å². The highest BCUT2D eigenvalue weighted by Gasteiger charge is 2.19. The van der Waals surface area contributed by atoms with Gasteiger partial charge in [0.15, 0.2) is 0 Å². The van der Waals surface area contributed by atoms with Crippen LogP contribution in [0.25, 0.3) is 0 Å². The predicted molar refractivity (Wildman–Crippen MR) is 60.7 cm³/mol. The molecule has 1 heterocycles. The van der Waals surface area contributed by atoms with E-state index in [1.54, 1.807) is 7.11 Å². The topological polar surface area (TPSA) is 21.3 Å². The molecule has 0 aliphatic carbocycles. The van der Waals surface area contributed by atoms with Gasteiger partial charge in [-0.25, -0.2) is 0 Å². The molecule has 76 valence electrons. The zero-order valence-electron chi connectivity index (χ0n) is 8.22. The van der Waals surface area contributed by atoms with Gasteiger partial charge in [0.2, 0.25) is 0 Å². The van der Waals surface area contributed by atoms with Gasteiger partial charge >= 0.3 is 0 Å². The summed E-state index contributed by atoms with van der Waals surface area (Å²) in [6, 6.07) is 6.69. The van der Waals surface area contributed by atoms with Crippen LogP contribution in [0, 0.1) is 0 Å². The van der Waals surface area contributed by atoms with Gasteiger partial charge in [0.1, 0.15) is 5.75 Å². The molecule has 1 atom stereocenters. The smallest absolute Gasteiger partial charge is 0.124 e. The van der Waals surface area contributed by atoms with E-state index in [2.05, 4.69) is 33.4 Å². The van der Waals surface area contributed by atoms with Crippen LogP contribution in [0.1, 0.15) is 24.4 Å². The molecule has 0 bridgehead atoms. The van der Waals surface area contributed by atoms with Gasteiger partial charge in [0, 0.05) is 16.1 Å². The molecule has 0 amide bonds. The number of rotatable bonds is 2. The van der Waals surface area contributed by atoms with Gasteiger partial charge < -0.3 is 10.1 Å². The monoisotopic (exact) mass is 255 g/mol. The number of hydrogen-bond acceptors (Lipinski definition) is 2. The van der Waals surface area contributed by atoms with Crippen molar-refractivity contribution in [3.63, 3.8) is 0 Å². The summed E-state index contributed by atoms with van der Waals surface area (Å²) in [5.74, 6) is 0.971. The van der Waals surface area contributed by atoms with E-state index in [-0.39, 0.29) is 0 Å². The molecule has 1 aliphatic rings. The van der Waals surface area contributed by atoms with E-state index in [1.807, 2.05) is 6.07 Å². The molecule has 14 heavy (non-hydrogen) atoms. The Morgan fingerprint density at radius 2 is 2.36 bits per heavy atom. The molecule has 0 aromatic heterocycles. The molecular formula is C11H14BrNO. The first-order valence-corrected chi connectivity index (χ1v) is 5.67. The number of benzene rings is 1. The molecule has 3 heteroatoms. The Balaban J connectivity index is 2.31. The maximum Gasteiger partial charge on any atom is 0.124 e. The van der Waals surface area contributed by atoms with E-state index >= 15 is 0 Å². The Kier molecular flexibility index (Phi) is 3.08. The van der Waals surface area contributed by atoms with E-state index in [0.29, 0.717) is 6.04 Å². The lowest BCUT2D eigenvalue weighted by molar-refractivity contribution is 0.403. The summed E-state index contributed by atoms with van der Waals surface area (Å²) in [4.78, 5) is 0. The summed E-state index contributed by atoms with van der Waals surface area (Å²) in [5.41, 5.74) is 1.27. The van der Waals surface area contributed by atoms with Gasteiger partial charge in [-0.1, -0.05) is 22.0 Å². The summed E-state index contributed by atoms with van der Waals surface area (Å²) in [6.45, 7) is 1.11. The number of ether oxygens (including phenoxy) is 1. The lowest BCUT2D eigenvalue weighted by atomic mass is 10.0. The maximum absolute atomic E-state index is 5.37. The third-order valence-electron chi connectivity index (χ3n) is 2.63. The van der Waals surface area contributed by atoms with Crippen LogP contribution in [-0.4, -0.2) is 13.7 Å². The number of hydrogen-bond donors (Lipinski definition) is 1. The summed E-state index contributed by atoms with van der Waals surface area (Å²) in [7, 11) is 1.72. The lowest BCUT2D eigenvalue weighted by Crippen LogP contribution is -2.13. The van der Waals surface area contributed by atoms with E-state index in [4.69, 9.17) is 4.74 Å². The van der Waals surface area contributed by atoms with Crippen LogP contribution < -0.4 is 10.1 Å². The van der Waals surface area contributed by atoms with Crippen LogP contribution in [0.4, 0.5) is 0 Å². The summed E-state index contributed by atoms with van der Waals surface area (Å²) in [5, 5.41) is 3.47. The predicted octanol–water partition coefficient (Wildman–Crippen LogP) is 2.88. The minimum atomic E-state index is 0.470. The number of nitrogens with one attached hydrogen (secondary N) is 1. The van der Waals surface area contributed by atoms with Crippen molar-refractivity contribution in [2.24, 2.45) is 0 Å². The van der Waals surface area contributed by atoms with Gasteiger partial charge in [-0.2, -0.15) is 0 Å². The Labute approximate surface area is 92.8 Å². The second-order valence-corrected chi connectivity index (χ2v) is 4.45. The Bertz CT molecular complexity index is 321. The van der Waals surface area contributed by atoms with Crippen LogP contribution in [0.2, 0.25) is 0 Å². The molecule has 0 spiro atoms. The van der Waals surface area contributed by atoms with Crippen molar-refractivity contribution in [1.29, 1.82) is 0 Å². The second-order valence-electron chi connectivity index (χ2n) is 3.54. The average molecular weight is 256 g/mol. The molecule has 0 radical (unpaired) electrons. The fourth-order valence-electron chi connectivity index (χ4n) is 1.92. The summed E-state index contributed by atoms with van der Waals surface area (Å²) >= 11 is 3.45. The highest BCUT2D eigenvalue weighted by Crippen LogP contribution is 2.32. The third-order valence-corrected chi connectivity index (χ3v) is 3.12. The van der Waals surface area contributed by atoms with Crippen molar-refractivity contribution in [3.8, 4) is 5.75 Å². The average Bonchev–Trinajstić information content (AvgIpc) is 2.70. The van der Waals surface area contributed by atoms with Crippen molar-refractivity contribution >= 4 is 15.9 Å². The fourth-order valence-corrected chi connectivity index (χ4v) is 2.26. The summed E-state index contributed by atoms with van der Waals surface area (Å²) in [6.07, 6.45) is 2.46. The summed E-state index contributed by atoms with van der Waals surface area (Å²) < 4.78 is 6.43. The molecule has 0 saturated carbocycles. The normalized spacial score (nSPS) is 21.1. The molecule has 1 saturated heterocycles. The van der Waals surface area contributed by atoms with Crippen LogP contribution >= 0.6 is 15.9 Å². The van der Waals surface area contributed by atoms with E-state index in [1.165, 1.54) is 18.4 Å². The third kappa shape index (κ3) is 1.93. The van der Waals surface area contributed by atoms with Gasteiger partial charge in [-0.15, -0.1) is 0 Å².